The van der Waals surface area contributed by atoms with Gasteiger partial charge in [0.15, 0.2) is 5.96 Å². The summed E-state index contributed by atoms with van der Waals surface area (Å²) in [6, 6.07) is 8.53. The molecule has 9 heteroatoms. The molecule has 0 atom stereocenters. The molecule has 1 aliphatic heterocycles. The average Bonchev–Trinajstić information content (AvgIpc) is 3.17. The molecule has 2 heterocycles. The Morgan fingerprint density at radius 3 is 2.79 bits per heavy atom. The molecule has 0 unspecified atom stereocenters. The van der Waals surface area contributed by atoms with Gasteiger partial charge in [0.1, 0.15) is 5.75 Å². The summed E-state index contributed by atoms with van der Waals surface area (Å²) in [5.74, 6) is 0.735. The van der Waals surface area contributed by atoms with E-state index in [-0.39, 0.29) is 18.2 Å². The van der Waals surface area contributed by atoms with Crippen molar-refractivity contribution in [2.75, 3.05) is 27.2 Å². The molecule has 0 fully saturated rings. The van der Waals surface area contributed by atoms with E-state index in [0.29, 0.717) is 19.0 Å². The van der Waals surface area contributed by atoms with Gasteiger partial charge in [0, 0.05) is 38.6 Å². The standard InChI is InChI=1S/C20H24F2N4O2S/c1-23-20(25(2)12-14-3-5-16(6-4-14)28-19(21)22)24-11-18(27)26-9-7-17-15(13-26)8-10-29-17/h3-6,8,10,19H,7,9,11-13H2,1-2H3,(H,23,24). The van der Waals surface area contributed by atoms with Gasteiger partial charge in [-0.25, -0.2) is 0 Å². The predicted octanol–water partition coefficient (Wildman–Crippen LogP) is 2.94. The van der Waals surface area contributed by atoms with Crippen LogP contribution >= 0.6 is 11.3 Å². The summed E-state index contributed by atoms with van der Waals surface area (Å²) in [6.07, 6.45) is 0.901. The third-order valence-electron chi connectivity index (χ3n) is 4.70. The quantitative estimate of drug-likeness (QED) is 0.575. The minimum Gasteiger partial charge on any atom is -0.435 e. The number of aliphatic imine (C=N–C) groups is 1. The molecule has 1 N–H and O–H groups in total. The fraction of sp³-hybridized carbons (Fsp3) is 0.400. The van der Waals surface area contributed by atoms with Crippen molar-refractivity contribution < 1.29 is 18.3 Å². The second-order valence-electron chi connectivity index (χ2n) is 6.71. The summed E-state index contributed by atoms with van der Waals surface area (Å²) in [5, 5.41) is 5.17. The van der Waals surface area contributed by atoms with Gasteiger partial charge in [-0.05, 0) is 41.1 Å². The number of hydrogen-bond donors (Lipinski definition) is 1. The molecule has 0 bridgehead atoms. The summed E-state index contributed by atoms with van der Waals surface area (Å²) in [4.78, 5) is 21.9. The van der Waals surface area contributed by atoms with E-state index < -0.39 is 6.61 Å². The smallest absolute Gasteiger partial charge is 0.387 e. The maximum atomic E-state index is 12.6. The maximum absolute atomic E-state index is 12.6. The Morgan fingerprint density at radius 1 is 1.34 bits per heavy atom. The normalized spacial score (nSPS) is 14.0. The number of guanidine groups is 1. The number of alkyl halides is 2. The lowest BCUT2D eigenvalue weighted by Gasteiger charge is -2.28. The highest BCUT2D eigenvalue weighted by Crippen LogP contribution is 2.23. The monoisotopic (exact) mass is 422 g/mol. The van der Waals surface area contributed by atoms with Crippen LogP contribution in [0.5, 0.6) is 5.75 Å². The maximum Gasteiger partial charge on any atom is 0.387 e. The number of hydrogen-bond acceptors (Lipinski definition) is 4. The zero-order valence-corrected chi connectivity index (χ0v) is 17.2. The molecule has 1 aromatic carbocycles. The molecular formula is C20H24F2N4O2S. The number of rotatable bonds is 6. The molecule has 1 aliphatic rings. The molecule has 0 saturated heterocycles. The fourth-order valence-corrected chi connectivity index (χ4v) is 4.13. The number of nitrogens with zero attached hydrogens (tertiary/aromatic N) is 3. The predicted molar refractivity (Wildman–Crippen MR) is 109 cm³/mol. The van der Waals surface area contributed by atoms with Crippen LogP contribution in [0, 0.1) is 0 Å². The van der Waals surface area contributed by atoms with E-state index in [4.69, 9.17) is 0 Å². The molecule has 0 aliphatic carbocycles. The number of nitrogens with one attached hydrogen (secondary N) is 1. The summed E-state index contributed by atoms with van der Waals surface area (Å²) in [7, 11) is 3.50. The molecule has 1 amide bonds. The van der Waals surface area contributed by atoms with Crippen molar-refractivity contribution in [3.05, 3.63) is 51.7 Å². The lowest BCUT2D eigenvalue weighted by molar-refractivity contribution is -0.130. The van der Waals surface area contributed by atoms with Crippen LogP contribution in [0.1, 0.15) is 16.0 Å². The van der Waals surface area contributed by atoms with Gasteiger partial charge in [0.2, 0.25) is 5.91 Å². The minimum atomic E-state index is -2.84. The highest BCUT2D eigenvalue weighted by atomic mass is 32.1. The van der Waals surface area contributed by atoms with Gasteiger partial charge >= 0.3 is 6.61 Å². The molecular weight excluding hydrogens is 398 g/mol. The molecule has 29 heavy (non-hydrogen) atoms. The SMILES string of the molecule is CN=C(NCC(=O)N1CCc2sccc2C1)N(C)Cc1ccc(OC(F)F)cc1. The van der Waals surface area contributed by atoms with Gasteiger partial charge in [-0.15, -0.1) is 11.3 Å². The first-order valence-corrected chi connectivity index (χ1v) is 10.1. The van der Waals surface area contributed by atoms with Crippen molar-refractivity contribution in [3.63, 3.8) is 0 Å². The number of carbonyl (C=O) groups excluding carboxylic acids is 1. The lowest BCUT2D eigenvalue weighted by Crippen LogP contribution is -2.46. The number of fused-ring (bicyclic) bond motifs is 1. The first-order valence-electron chi connectivity index (χ1n) is 9.25. The average molecular weight is 423 g/mol. The van der Waals surface area contributed by atoms with Crippen LogP contribution in [0.2, 0.25) is 0 Å². The third-order valence-corrected chi connectivity index (χ3v) is 5.72. The molecule has 3 rings (SSSR count). The zero-order valence-electron chi connectivity index (χ0n) is 16.4. The highest BCUT2D eigenvalue weighted by Gasteiger charge is 2.21. The second-order valence-corrected chi connectivity index (χ2v) is 7.71. The van der Waals surface area contributed by atoms with E-state index in [1.807, 2.05) is 16.8 Å². The molecule has 6 nitrogen and oxygen atoms in total. The van der Waals surface area contributed by atoms with E-state index in [0.717, 1.165) is 18.5 Å². The molecule has 2 aromatic rings. The van der Waals surface area contributed by atoms with E-state index in [1.165, 1.54) is 22.6 Å². The molecule has 156 valence electrons. The van der Waals surface area contributed by atoms with Crippen LogP contribution in [0.15, 0.2) is 40.7 Å². The van der Waals surface area contributed by atoms with Crippen LogP contribution in [0.4, 0.5) is 8.78 Å². The molecule has 1 aromatic heterocycles. The Labute approximate surface area is 172 Å². The fourth-order valence-electron chi connectivity index (χ4n) is 3.24. The zero-order chi connectivity index (χ0) is 20.8. The number of ether oxygens (including phenoxy) is 1. The van der Waals surface area contributed by atoms with Crippen molar-refractivity contribution in [1.82, 2.24) is 15.1 Å². The van der Waals surface area contributed by atoms with E-state index in [2.05, 4.69) is 26.5 Å². The number of benzene rings is 1. The highest BCUT2D eigenvalue weighted by molar-refractivity contribution is 7.10. The van der Waals surface area contributed by atoms with E-state index in [1.54, 1.807) is 30.5 Å². The first-order chi connectivity index (χ1) is 14.0. The number of amides is 1. The van der Waals surface area contributed by atoms with Crippen molar-refractivity contribution in [1.29, 1.82) is 0 Å². The second kappa shape index (κ2) is 9.69. The van der Waals surface area contributed by atoms with E-state index in [9.17, 15) is 13.6 Å². The van der Waals surface area contributed by atoms with Crippen molar-refractivity contribution in [2.45, 2.75) is 26.1 Å². The summed E-state index contributed by atoms with van der Waals surface area (Å²) in [6.45, 7) is -0.783. The van der Waals surface area contributed by atoms with Crippen molar-refractivity contribution in [3.8, 4) is 5.75 Å². The number of halogens is 2. The van der Waals surface area contributed by atoms with Crippen molar-refractivity contribution >= 4 is 23.2 Å². The Hall–Kier alpha value is -2.68. The molecule has 0 saturated carbocycles. The lowest BCUT2D eigenvalue weighted by atomic mass is 10.1. The van der Waals surface area contributed by atoms with Crippen LogP contribution in [-0.2, 0) is 24.3 Å². The Morgan fingerprint density at radius 2 is 2.10 bits per heavy atom. The Bertz CT molecular complexity index is 854. The third kappa shape index (κ3) is 5.66. The minimum absolute atomic E-state index is 0.0323. The number of carbonyl (C=O) groups is 1. The van der Waals surface area contributed by atoms with Gasteiger partial charge in [-0.3, -0.25) is 9.79 Å². The van der Waals surface area contributed by atoms with E-state index >= 15 is 0 Å². The van der Waals surface area contributed by atoms with Crippen LogP contribution in [0.3, 0.4) is 0 Å². The van der Waals surface area contributed by atoms with Crippen LogP contribution in [0.25, 0.3) is 0 Å². The summed E-state index contributed by atoms with van der Waals surface area (Å²) >= 11 is 1.75. The largest absolute Gasteiger partial charge is 0.435 e. The molecule has 0 spiro atoms. The van der Waals surface area contributed by atoms with Gasteiger partial charge in [-0.1, -0.05) is 12.1 Å². The Balaban J connectivity index is 1.50. The Kier molecular flexibility index (Phi) is 7.03. The number of thiophene rings is 1. The van der Waals surface area contributed by atoms with Gasteiger partial charge in [0.05, 0.1) is 6.54 Å². The van der Waals surface area contributed by atoms with Crippen LogP contribution in [-0.4, -0.2) is 55.5 Å². The van der Waals surface area contributed by atoms with Crippen LogP contribution < -0.4 is 10.1 Å². The van der Waals surface area contributed by atoms with Gasteiger partial charge in [0.25, 0.3) is 0 Å². The van der Waals surface area contributed by atoms with Crippen molar-refractivity contribution in [2.24, 2.45) is 4.99 Å². The van der Waals surface area contributed by atoms with Gasteiger partial charge in [-0.2, -0.15) is 8.78 Å². The summed E-state index contributed by atoms with van der Waals surface area (Å²) < 4.78 is 28.8. The molecule has 0 radical (unpaired) electrons. The van der Waals surface area contributed by atoms with Gasteiger partial charge < -0.3 is 19.9 Å². The first kappa shape index (κ1) is 21.0. The summed E-state index contributed by atoms with van der Waals surface area (Å²) in [5.41, 5.74) is 2.14. The topological polar surface area (TPSA) is 57.2 Å².